The van der Waals surface area contributed by atoms with Crippen LogP contribution >= 0.6 is 11.6 Å². The second-order valence-corrected chi connectivity index (χ2v) is 8.42. The number of esters is 1. The van der Waals surface area contributed by atoms with E-state index in [4.69, 9.17) is 20.8 Å². The van der Waals surface area contributed by atoms with Gasteiger partial charge in [0.15, 0.2) is 0 Å². The number of aromatic nitrogens is 1. The molecule has 182 valence electrons. The van der Waals surface area contributed by atoms with Crippen molar-refractivity contribution < 1.29 is 23.5 Å². The molecule has 1 aliphatic heterocycles. The lowest BCUT2D eigenvalue weighted by Gasteiger charge is -2.29. The third-order valence-corrected chi connectivity index (χ3v) is 5.99. The molecule has 3 aromatic rings. The van der Waals surface area contributed by atoms with Crippen molar-refractivity contribution in [2.75, 3.05) is 24.6 Å². The van der Waals surface area contributed by atoms with Crippen molar-refractivity contribution in [3.8, 4) is 11.5 Å². The second kappa shape index (κ2) is 10.6. The van der Waals surface area contributed by atoms with E-state index in [-0.39, 0.29) is 43.2 Å². The third-order valence-electron chi connectivity index (χ3n) is 5.68. The number of amides is 3. The van der Waals surface area contributed by atoms with Gasteiger partial charge in [-0.2, -0.15) is 0 Å². The standard InChI is InChI=1S/C25H25ClN4O5/c1-3-34-22(31)13-28-25(33)29-15-18-6-4-5-7-21(18)30(14-16(29)2)24(32)19-9-8-17(12-20(19)26)23-27-10-11-35-23/h4-12,16H,3,13-15H2,1-2H3,(H,28,33)/t16-/m1/s1. The SMILES string of the molecule is CCOC(=O)CNC(=O)N1Cc2ccccc2N(C(=O)c2ccc(-c3ncco3)cc2Cl)C[C@H]1C. The van der Waals surface area contributed by atoms with Crippen LogP contribution in [0, 0.1) is 0 Å². The fraction of sp³-hybridized carbons (Fsp3) is 0.280. The summed E-state index contributed by atoms with van der Waals surface area (Å²) >= 11 is 6.51. The summed E-state index contributed by atoms with van der Waals surface area (Å²) < 4.78 is 10.2. The van der Waals surface area contributed by atoms with E-state index in [1.54, 1.807) is 34.9 Å². The number of halogens is 1. The highest BCUT2D eigenvalue weighted by Crippen LogP contribution is 2.31. The molecule has 0 fully saturated rings. The molecule has 1 N–H and O–H groups in total. The molecule has 1 aromatic heterocycles. The van der Waals surface area contributed by atoms with Gasteiger partial charge in [0.05, 0.1) is 23.4 Å². The number of ether oxygens (including phenoxy) is 1. The normalized spacial score (nSPS) is 15.2. The number of anilines is 1. The highest BCUT2D eigenvalue weighted by molar-refractivity contribution is 6.34. The van der Waals surface area contributed by atoms with Gasteiger partial charge in [-0.1, -0.05) is 29.8 Å². The van der Waals surface area contributed by atoms with Crippen LogP contribution < -0.4 is 10.2 Å². The monoisotopic (exact) mass is 496 g/mol. The Morgan fingerprint density at radius 3 is 2.74 bits per heavy atom. The predicted molar refractivity (Wildman–Crippen MR) is 130 cm³/mol. The number of hydrogen-bond donors (Lipinski definition) is 1. The number of oxazole rings is 1. The second-order valence-electron chi connectivity index (χ2n) is 8.02. The molecule has 4 rings (SSSR count). The summed E-state index contributed by atoms with van der Waals surface area (Å²) in [4.78, 5) is 45.6. The summed E-state index contributed by atoms with van der Waals surface area (Å²) in [5.74, 6) is -0.394. The molecule has 0 saturated heterocycles. The van der Waals surface area contributed by atoms with Gasteiger partial charge in [-0.05, 0) is 43.7 Å². The zero-order valence-electron chi connectivity index (χ0n) is 19.4. The molecule has 0 saturated carbocycles. The first-order chi connectivity index (χ1) is 16.9. The highest BCUT2D eigenvalue weighted by atomic mass is 35.5. The minimum Gasteiger partial charge on any atom is -0.465 e. The first-order valence-corrected chi connectivity index (χ1v) is 11.6. The van der Waals surface area contributed by atoms with Crippen LogP contribution in [0.25, 0.3) is 11.5 Å². The molecule has 0 unspecified atom stereocenters. The molecule has 0 spiro atoms. The number of urea groups is 1. The molecule has 1 atom stereocenters. The number of benzene rings is 2. The Hall–Kier alpha value is -3.85. The van der Waals surface area contributed by atoms with E-state index < -0.39 is 12.0 Å². The van der Waals surface area contributed by atoms with Gasteiger partial charge in [-0.25, -0.2) is 9.78 Å². The molecule has 0 aliphatic carbocycles. The van der Waals surface area contributed by atoms with Crippen molar-refractivity contribution in [3.05, 3.63) is 71.1 Å². The molecular formula is C25H25ClN4O5. The summed E-state index contributed by atoms with van der Waals surface area (Å²) in [6.45, 7) is 4.07. The molecule has 0 radical (unpaired) electrons. The topological polar surface area (TPSA) is 105 Å². The number of nitrogens with zero attached hydrogens (tertiary/aromatic N) is 3. The summed E-state index contributed by atoms with van der Waals surface area (Å²) in [6.07, 6.45) is 3.00. The van der Waals surface area contributed by atoms with Crippen LogP contribution in [-0.4, -0.2) is 53.5 Å². The van der Waals surface area contributed by atoms with Crippen molar-refractivity contribution >= 4 is 35.2 Å². The van der Waals surface area contributed by atoms with Gasteiger partial charge in [0.1, 0.15) is 12.8 Å². The zero-order chi connectivity index (χ0) is 24.9. The van der Waals surface area contributed by atoms with E-state index in [0.29, 0.717) is 22.7 Å². The van der Waals surface area contributed by atoms with Gasteiger partial charge in [-0.3, -0.25) is 9.59 Å². The maximum absolute atomic E-state index is 13.7. The van der Waals surface area contributed by atoms with E-state index in [1.165, 1.54) is 12.5 Å². The smallest absolute Gasteiger partial charge is 0.325 e. The van der Waals surface area contributed by atoms with Gasteiger partial charge >= 0.3 is 12.0 Å². The van der Waals surface area contributed by atoms with Gasteiger partial charge in [0, 0.05) is 30.4 Å². The van der Waals surface area contributed by atoms with Crippen LogP contribution in [-0.2, 0) is 16.1 Å². The number of hydrogen-bond acceptors (Lipinski definition) is 6. The van der Waals surface area contributed by atoms with E-state index in [1.807, 2.05) is 31.2 Å². The molecule has 35 heavy (non-hydrogen) atoms. The Morgan fingerprint density at radius 2 is 2.03 bits per heavy atom. The van der Waals surface area contributed by atoms with Gasteiger partial charge in [0.25, 0.3) is 5.91 Å². The van der Waals surface area contributed by atoms with Crippen LogP contribution in [0.5, 0.6) is 0 Å². The Labute approximate surface area is 207 Å². The maximum atomic E-state index is 13.7. The van der Waals surface area contributed by atoms with Crippen molar-refractivity contribution in [1.29, 1.82) is 0 Å². The Balaban J connectivity index is 1.59. The van der Waals surface area contributed by atoms with Crippen molar-refractivity contribution in [2.24, 2.45) is 0 Å². The lowest BCUT2D eigenvalue weighted by Crippen LogP contribution is -2.49. The summed E-state index contributed by atoms with van der Waals surface area (Å²) in [5, 5.41) is 2.87. The van der Waals surface area contributed by atoms with Crippen molar-refractivity contribution in [2.45, 2.75) is 26.4 Å². The molecule has 3 amide bonds. The number of rotatable bonds is 5. The Bertz CT molecular complexity index is 1230. The predicted octanol–water partition coefficient (Wildman–Crippen LogP) is 4.12. The Kier molecular flexibility index (Phi) is 7.36. The van der Waals surface area contributed by atoms with Gasteiger partial charge in [0.2, 0.25) is 5.89 Å². The van der Waals surface area contributed by atoms with Crippen LogP contribution in [0.3, 0.4) is 0 Å². The fourth-order valence-electron chi connectivity index (χ4n) is 3.97. The largest absolute Gasteiger partial charge is 0.465 e. The number of carbonyl (C=O) groups is 3. The van der Waals surface area contributed by atoms with E-state index >= 15 is 0 Å². The van der Waals surface area contributed by atoms with Crippen LogP contribution in [0.2, 0.25) is 5.02 Å². The molecule has 10 heteroatoms. The van der Waals surface area contributed by atoms with Gasteiger partial charge in [-0.15, -0.1) is 0 Å². The minimum atomic E-state index is -0.511. The molecular weight excluding hydrogens is 472 g/mol. The van der Waals surface area contributed by atoms with E-state index in [9.17, 15) is 14.4 Å². The number of nitrogens with one attached hydrogen (secondary N) is 1. The molecule has 2 heterocycles. The molecule has 2 aromatic carbocycles. The van der Waals surface area contributed by atoms with Crippen LogP contribution in [0.1, 0.15) is 29.8 Å². The van der Waals surface area contributed by atoms with E-state index in [0.717, 1.165) is 5.56 Å². The third kappa shape index (κ3) is 5.30. The van der Waals surface area contributed by atoms with Gasteiger partial charge < -0.3 is 24.3 Å². The van der Waals surface area contributed by atoms with E-state index in [2.05, 4.69) is 10.3 Å². The highest BCUT2D eigenvalue weighted by Gasteiger charge is 2.32. The lowest BCUT2D eigenvalue weighted by molar-refractivity contribution is -0.141. The maximum Gasteiger partial charge on any atom is 0.325 e. The summed E-state index contributed by atoms with van der Waals surface area (Å²) in [7, 11) is 0. The van der Waals surface area contributed by atoms with Crippen molar-refractivity contribution in [1.82, 2.24) is 15.2 Å². The minimum absolute atomic E-state index is 0.229. The lowest BCUT2D eigenvalue weighted by atomic mass is 10.1. The summed E-state index contributed by atoms with van der Waals surface area (Å²) in [6, 6.07) is 11.7. The number of fused-ring (bicyclic) bond motifs is 1. The fourth-order valence-corrected chi connectivity index (χ4v) is 4.23. The number of para-hydroxylation sites is 1. The average molecular weight is 497 g/mol. The number of carbonyl (C=O) groups excluding carboxylic acids is 3. The summed E-state index contributed by atoms with van der Waals surface area (Å²) in [5.41, 5.74) is 2.47. The first-order valence-electron chi connectivity index (χ1n) is 11.2. The van der Waals surface area contributed by atoms with Crippen LogP contribution in [0.4, 0.5) is 10.5 Å². The molecule has 0 bridgehead atoms. The quantitative estimate of drug-likeness (QED) is 0.533. The molecule has 9 nitrogen and oxygen atoms in total. The first kappa shape index (κ1) is 24.3. The molecule has 1 aliphatic rings. The Morgan fingerprint density at radius 1 is 1.23 bits per heavy atom. The van der Waals surface area contributed by atoms with Crippen LogP contribution in [0.15, 0.2) is 59.3 Å². The van der Waals surface area contributed by atoms with Crippen molar-refractivity contribution in [3.63, 3.8) is 0 Å². The average Bonchev–Trinajstić information content (AvgIpc) is 3.34. The zero-order valence-corrected chi connectivity index (χ0v) is 20.1.